The predicted molar refractivity (Wildman–Crippen MR) is 64.4 cm³/mol. The number of fused-ring (bicyclic) bond motifs is 1. The molecule has 1 unspecified atom stereocenters. The van der Waals surface area contributed by atoms with Gasteiger partial charge in [0.2, 0.25) is 0 Å². The first-order valence-corrected chi connectivity index (χ1v) is 6.03. The fourth-order valence-corrected chi connectivity index (χ4v) is 2.68. The van der Waals surface area contributed by atoms with Gasteiger partial charge < -0.3 is 5.11 Å². The molecular formula is C12H12Cl2O2. The topological polar surface area (TPSA) is 37.3 Å². The first-order valence-electron chi connectivity index (χ1n) is 5.27. The van der Waals surface area contributed by atoms with Crippen LogP contribution in [-0.4, -0.2) is 11.1 Å². The van der Waals surface area contributed by atoms with E-state index in [9.17, 15) is 4.79 Å². The second-order valence-corrected chi connectivity index (χ2v) is 4.97. The molecule has 1 aromatic rings. The molecule has 1 aliphatic carbocycles. The van der Waals surface area contributed by atoms with Crippen LogP contribution in [0.15, 0.2) is 12.1 Å². The highest BCUT2D eigenvalue weighted by molar-refractivity contribution is 6.42. The van der Waals surface area contributed by atoms with Crippen molar-refractivity contribution >= 4 is 29.2 Å². The number of aliphatic carboxylic acids is 1. The van der Waals surface area contributed by atoms with Crippen LogP contribution in [0.25, 0.3) is 0 Å². The zero-order valence-corrected chi connectivity index (χ0v) is 10.2. The Balaban J connectivity index is 2.37. The third kappa shape index (κ3) is 2.33. The summed E-state index contributed by atoms with van der Waals surface area (Å²) in [5, 5.41) is 9.92. The number of carbonyl (C=O) groups is 1. The zero-order chi connectivity index (χ0) is 11.7. The number of hydrogen-bond acceptors (Lipinski definition) is 1. The minimum Gasteiger partial charge on any atom is -0.481 e. The predicted octanol–water partition coefficient (Wildman–Crippen LogP) is 3.89. The summed E-state index contributed by atoms with van der Waals surface area (Å²) in [7, 11) is 0. The summed E-state index contributed by atoms with van der Waals surface area (Å²) in [5.41, 5.74) is 2.20. The summed E-state index contributed by atoms with van der Waals surface area (Å²) in [5.74, 6) is -0.681. The molecule has 16 heavy (non-hydrogen) atoms. The number of hydrogen-bond donors (Lipinski definition) is 1. The second-order valence-electron chi connectivity index (χ2n) is 4.15. The smallest absolute Gasteiger partial charge is 0.303 e. The maximum Gasteiger partial charge on any atom is 0.303 e. The number of rotatable bonds is 2. The molecule has 0 saturated heterocycles. The van der Waals surface area contributed by atoms with Crippen molar-refractivity contribution in [1.82, 2.24) is 0 Å². The minimum atomic E-state index is -0.760. The van der Waals surface area contributed by atoms with Gasteiger partial charge in [-0.25, -0.2) is 0 Å². The van der Waals surface area contributed by atoms with E-state index in [-0.39, 0.29) is 12.3 Å². The Morgan fingerprint density at radius 3 is 2.75 bits per heavy atom. The van der Waals surface area contributed by atoms with E-state index in [0.717, 1.165) is 30.4 Å². The summed E-state index contributed by atoms with van der Waals surface area (Å²) in [6.45, 7) is 0. The summed E-state index contributed by atoms with van der Waals surface area (Å²) in [4.78, 5) is 10.8. The average molecular weight is 259 g/mol. The molecule has 0 heterocycles. The normalized spacial score (nSPS) is 19.2. The van der Waals surface area contributed by atoms with Gasteiger partial charge in [-0.3, -0.25) is 4.79 Å². The van der Waals surface area contributed by atoms with Gasteiger partial charge in [0.25, 0.3) is 0 Å². The molecule has 0 radical (unpaired) electrons. The Hall–Kier alpha value is -0.730. The first-order chi connectivity index (χ1) is 7.58. The number of aryl methyl sites for hydroxylation is 1. The molecule has 1 N–H and O–H groups in total. The van der Waals surface area contributed by atoms with Gasteiger partial charge in [-0.05, 0) is 48.4 Å². The van der Waals surface area contributed by atoms with Crippen molar-refractivity contribution in [2.24, 2.45) is 0 Å². The van der Waals surface area contributed by atoms with Crippen LogP contribution in [0, 0.1) is 0 Å². The van der Waals surface area contributed by atoms with Gasteiger partial charge in [0.1, 0.15) is 0 Å². The third-order valence-corrected chi connectivity index (χ3v) is 3.76. The molecule has 0 spiro atoms. The number of halogens is 2. The van der Waals surface area contributed by atoms with Crippen molar-refractivity contribution in [3.63, 3.8) is 0 Å². The lowest BCUT2D eigenvalue weighted by atomic mass is 9.81. The van der Waals surface area contributed by atoms with Crippen LogP contribution >= 0.6 is 23.2 Å². The number of carboxylic acids is 1. The molecule has 2 rings (SSSR count). The van der Waals surface area contributed by atoms with Gasteiger partial charge in [-0.2, -0.15) is 0 Å². The monoisotopic (exact) mass is 258 g/mol. The van der Waals surface area contributed by atoms with Gasteiger partial charge >= 0.3 is 5.97 Å². The molecule has 0 bridgehead atoms. The molecule has 1 atom stereocenters. The van der Waals surface area contributed by atoms with E-state index in [4.69, 9.17) is 28.3 Å². The Labute approximate surface area is 104 Å². The molecular weight excluding hydrogens is 247 g/mol. The number of benzene rings is 1. The van der Waals surface area contributed by atoms with Crippen molar-refractivity contribution in [3.8, 4) is 0 Å². The molecule has 1 aromatic carbocycles. The fourth-order valence-electron chi connectivity index (χ4n) is 2.32. The average Bonchev–Trinajstić information content (AvgIpc) is 2.20. The Kier molecular flexibility index (Phi) is 3.41. The van der Waals surface area contributed by atoms with Crippen LogP contribution in [-0.2, 0) is 11.2 Å². The zero-order valence-electron chi connectivity index (χ0n) is 8.67. The van der Waals surface area contributed by atoms with Crippen LogP contribution in [0.3, 0.4) is 0 Å². The van der Waals surface area contributed by atoms with Crippen molar-refractivity contribution in [2.45, 2.75) is 31.6 Å². The van der Waals surface area contributed by atoms with E-state index in [2.05, 4.69) is 0 Å². The second kappa shape index (κ2) is 4.64. The lowest BCUT2D eigenvalue weighted by Gasteiger charge is -2.24. The van der Waals surface area contributed by atoms with Gasteiger partial charge in [0.05, 0.1) is 16.5 Å². The molecule has 0 fully saturated rings. The first kappa shape index (κ1) is 11.7. The van der Waals surface area contributed by atoms with Crippen molar-refractivity contribution in [1.29, 1.82) is 0 Å². The molecule has 0 amide bonds. The van der Waals surface area contributed by atoms with Crippen LogP contribution in [0.2, 0.25) is 10.0 Å². The Morgan fingerprint density at radius 2 is 2.06 bits per heavy atom. The highest BCUT2D eigenvalue weighted by Gasteiger charge is 2.23. The van der Waals surface area contributed by atoms with E-state index in [1.807, 2.05) is 12.1 Å². The summed E-state index contributed by atoms with van der Waals surface area (Å²) in [6.07, 6.45) is 3.06. The summed E-state index contributed by atoms with van der Waals surface area (Å²) in [6, 6.07) is 3.69. The van der Waals surface area contributed by atoms with Gasteiger partial charge in [0, 0.05) is 0 Å². The van der Waals surface area contributed by atoms with E-state index < -0.39 is 5.97 Å². The van der Waals surface area contributed by atoms with Crippen LogP contribution in [0.5, 0.6) is 0 Å². The maximum absolute atomic E-state index is 10.8. The van der Waals surface area contributed by atoms with Crippen molar-refractivity contribution < 1.29 is 9.90 Å². The Morgan fingerprint density at radius 1 is 1.38 bits per heavy atom. The lowest BCUT2D eigenvalue weighted by Crippen LogP contribution is -2.13. The standard InChI is InChI=1S/C12H12Cl2O2/c13-10-4-7-2-1-3-8(5-12(15)16)9(7)6-11(10)14/h4,6,8H,1-3,5H2,(H,15,16). The molecule has 1 aliphatic rings. The van der Waals surface area contributed by atoms with E-state index in [1.165, 1.54) is 0 Å². The van der Waals surface area contributed by atoms with Gasteiger partial charge in [0.15, 0.2) is 0 Å². The van der Waals surface area contributed by atoms with Gasteiger partial charge in [-0.15, -0.1) is 0 Å². The van der Waals surface area contributed by atoms with Gasteiger partial charge in [-0.1, -0.05) is 23.2 Å². The SMILES string of the molecule is O=C(O)CC1CCCc2cc(Cl)c(Cl)cc21. The van der Waals surface area contributed by atoms with Crippen LogP contribution in [0.1, 0.15) is 36.3 Å². The van der Waals surface area contributed by atoms with Crippen LogP contribution in [0.4, 0.5) is 0 Å². The number of carboxylic acid groups (broad SMARTS) is 1. The quantitative estimate of drug-likeness (QED) is 0.874. The molecule has 0 saturated carbocycles. The molecule has 86 valence electrons. The maximum atomic E-state index is 10.8. The molecule has 2 nitrogen and oxygen atoms in total. The fraction of sp³-hybridized carbons (Fsp3) is 0.417. The molecule has 4 heteroatoms. The molecule has 0 aliphatic heterocycles. The van der Waals surface area contributed by atoms with E-state index in [0.29, 0.717) is 10.0 Å². The largest absolute Gasteiger partial charge is 0.481 e. The third-order valence-electron chi connectivity index (χ3n) is 3.04. The minimum absolute atomic E-state index is 0.0796. The highest BCUT2D eigenvalue weighted by atomic mass is 35.5. The summed E-state index contributed by atoms with van der Waals surface area (Å²) < 4.78 is 0. The highest BCUT2D eigenvalue weighted by Crippen LogP contribution is 2.38. The summed E-state index contributed by atoms with van der Waals surface area (Å²) >= 11 is 11.9. The van der Waals surface area contributed by atoms with Crippen molar-refractivity contribution in [3.05, 3.63) is 33.3 Å². The van der Waals surface area contributed by atoms with Crippen LogP contribution < -0.4 is 0 Å². The van der Waals surface area contributed by atoms with Crippen molar-refractivity contribution in [2.75, 3.05) is 0 Å². The lowest BCUT2D eigenvalue weighted by molar-refractivity contribution is -0.137. The molecule has 0 aromatic heterocycles. The van der Waals surface area contributed by atoms with E-state index >= 15 is 0 Å². The van der Waals surface area contributed by atoms with E-state index in [1.54, 1.807) is 0 Å². The Bertz CT molecular complexity index is 429.